The number of carbonyl (C=O) groups is 1. The summed E-state index contributed by atoms with van der Waals surface area (Å²) in [7, 11) is 0. The molecule has 4 nitrogen and oxygen atoms in total. The molecule has 0 radical (unpaired) electrons. The Hall–Kier alpha value is -1.39. The molecular weight excluding hydrogens is 228 g/mol. The number of rotatable bonds is 3. The summed E-state index contributed by atoms with van der Waals surface area (Å²) in [6, 6.07) is 7.59. The first-order chi connectivity index (χ1) is 8.56. The van der Waals surface area contributed by atoms with Gasteiger partial charge in [-0.3, -0.25) is 4.79 Å². The Morgan fingerprint density at radius 3 is 2.89 bits per heavy atom. The Morgan fingerprint density at radius 2 is 2.28 bits per heavy atom. The molecule has 1 aromatic carbocycles. The van der Waals surface area contributed by atoms with E-state index in [0.29, 0.717) is 18.9 Å². The molecule has 1 aromatic rings. The molecule has 1 aliphatic heterocycles. The van der Waals surface area contributed by atoms with E-state index in [4.69, 9.17) is 0 Å². The normalized spacial score (nSPS) is 23.3. The van der Waals surface area contributed by atoms with Gasteiger partial charge in [0.05, 0.1) is 12.1 Å². The van der Waals surface area contributed by atoms with Gasteiger partial charge in [0.25, 0.3) is 0 Å². The molecular formula is C14H20N2O2. The number of benzene rings is 1. The maximum atomic E-state index is 12.0. The highest BCUT2D eigenvalue weighted by atomic mass is 16.3. The second kappa shape index (κ2) is 5.50. The lowest BCUT2D eigenvalue weighted by Gasteiger charge is -2.13. The van der Waals surface area contributed by atoms with Crippen molar-refractivity contribution in [1.29, 1.82) is 0 Å². The number of anilines is 1. The predicted octanol–water partition coefficient (Wildman–Crippen LogP) is 1.47. The summed E-state index contributed by atoms with van der Waals surface area (Å²) in [5.41, 5.74) is 2.02. The maximum Gasteiger partial charge on any atom is 0.241 e. The molecule has 4 heteroatoms. The molecule has 2 rings (SSSR count). The zero-order chi connectivity index (χ0) is 13.1. The molecule has 18 heavy (non-hydrogen) atoms. The predicted molar refractivity (Wildman–Crippen MR) is 71.6 cm³/mol. The summed E-state index contributed by atoms with van der Waals surface area (Å²) in [6.45, 7) is 4.73. The van der Waals surface area contributed by atoms with Crippen molar-refractivity contribution in [2.45, 2.75) is 38.3 Å². The first kappa shape index (κ1) is 13.1. The van der Waals surface area contributed by atoms with Crippen LogP contribution >= 0.6 is 0 Å². The monoisotopic (exact) mass is 248 g/mol. The maximum absolute atomic E-state index is 12.0. The van der Waals surface area contributed by atoms with Crippen molar-refractivity contribution in [1.82, 2.24) is 5.32 Å². The van der Waals surface area contributed by atoms with Crippen LogP contribution in [0.2, 0.25) is 0 Å². The minimum absolute atomic E-state index is 0.0764. The van der Waals surface area contributed by atoms with Crippen molar-refractivity contribution < 1.29 is 9.90 Å². The molecule has 1 heterocycles. The molecule has 2 unspecified atom stereocenters. The number of hydrogen-bond acceptors (Lipinski definition) is 3. The van der Waals surface area contributed by atoms with E-state index in [9.17, 15) is 9.90 Å². The average molecular weight is 248 g/mol. The van der Waals surface area contributed by atoms with E-state index in [0.717, 1.165) is 5.69 Å². The number of amides is 1. The lowest BCUT2D eigenvalue weighted by atomic mass is 10.0. The summed E-state index contributed by atoms with van der Waals surface area (Å²) in [6.07, 6.45) is 0.0677. The topological polar surface area (TPSA) is 61.4 Å². The summed E-state index contributed by atoms with van der Waals surface area (Å²) in [5, 5.41) is 15.3. The Morgan fingerprint density at radius 1 is 1.50 bits per heavy atom. The Bertz CT molecular complexity index is 432. The first-order valence-corrected chi connectivity index (χ1v) is 6.38. The summed E-state index contributed by atoms with van der Waals surface area (Å²) < 4.78 is 0. The molecule has 0 bridgehead atoms. The van der Waals surface area contributed by atoms with Crippen LogP contribution in [-0.4, -0.2) is 29.7 Å². The zero-order valence-electron chi connectivity index (χ0n) is 10.8. The van der Waals surface area contributed by atoms with E-state index >= 15 is 0 Å². The van der Waals surface area contributed by atoms with Crippen LogP contribution in [0.5, 0.6) is 0 Å². The van der Waals surface area contributed by atoms with Crippen molar-refractivity contribution in [3.63, 3.8) is 0 Å². The smallest absolute Gasteiger partial charge is 0.241 e. The van der Waals surface area contributed by atoms with Gasteiger partial charge in [-0.15, -0.1) is 0 Å². The molecule has 98 valence electrons. The quantitative estimate of drug-likeness (QED) is 0.759. The highest BCUT2D eigenvalue weighted by Crippen LogP contribution is 2.19. The zero-order valence-corrected chi connectivity index (χ0v) is 10.8. The van der Waals surface area contributed by atoms with E-state index in [2.05, 4.69) is 30.5 Å². The lowest BCUT2D eigenvalue weighted by Crippen LogP contribution is -2.35. The summed E-state index contributed by atoms with van der Waals surface area (Å²) in [5.74, 6) is 0.362. The van der Waals surface area contributed by atoms with Crippen molar-refractivity contribution in [3.8, 4) is 0 Å². The number of aliphatic hydroxyl groups is 1. The van der Waals surface area contributed by atoms with Crippen molar-refractivity contribution >= 4 is 11.6 Å². The van der Waals surface area contributed by atoms with Gasteiger partial charge in [0, 0.05) is 12.2 Å². The van der Waals surface area contributed by atoms with Crippen LogP contribution in [0.1, 0.15) is 31.7 Å². The van der Waals surface area contributed by atoms with Gasteiger partial charge in [0.1, 0.15) is 0 Å². The van der Waals surface area contributed by atoms with Crippen LogP contribution in [0.3, 0.4) is 0 Å². The van der Waals surface area contributed by atoms with Gasteiger partial charge in [-0.05, 0) is 30.0 Å². The SMILES string of the molecule is CC(C)c1cccc(NC(=O)C2CC(O)CN2)c1. The summed E-state index contributed by atoms with van der Waals surface area (Å²) in [4.78, 5) is 12.0. The third-order valence-electron chi connectivity index (χ3n) is 3.24. The molecule has 0 saturated carbocycles. The van der Waals surface area contributed by atoms with Crippen LogP contribution in [-0.2, 0) is 4.79 Å². The first-order valence-electron chi connectivity index (χ1n) is 6.38. The minimum atomic E-state index is -0.414. The second-order valence-electron chi connectivity index (χ2n) is 5.12. The Kier molecular flexibility index (Phi) is 3.99. The number of carbonyl (C=O) groups excluding carboxylic acids is 1. The Labute approximate surface area is 107 Å². The van der Waals surface area contributed by atoms with Crippen molar-refractivity contribution in [2.24, 2.45) is 0 Å². The summed E-state index contributed by atoms with van der Waals surface area (Å²) >= 11 is 0. The highest BCUT2D eigenvalue weighted by molar-refractivity contribution is 5.95. The minimum Gasteiger partial charge on any atom is -0.392 e. The lowest BCUT2D eigenvalue weighted by molar-refractivity contribution is -0.117. The largest absolute Gasteiger partial charge is 0.392 e. The molecule has 2 atom stereocenters. The standard InChI is InChI=1S/C14H20N2O2/c1-9(2)10-4-3-5-11(6-10)16-14(18)13-7-12(17)8-15-13/h3-6,9,12-13,15,17H,7-8H2,1-2H3,(H,16,18). The van der Waals surface area contributed by atoms with Crippen molar-refractivity contribution in [3.05, 3.63) is 29.8 Å². The van der Waals surface area contributed by atoms with Gasteiger partial charge < -0.3 is 15.7 Å². The van der Waals surface area contributed by atoms with Gasteiger partial charge >= 0.3 is 0 Å². The van der Waals surface area contributed by atoms with Gasteiger partial charge in [-0.1, -0.05) is 26.0 Å². The molecule has 1 fully saturated rings. The second-order valence-corrected chi connectivity index (χ2v) is 5.12. The van der Waals surface area contributed by atoms with Crippen LogP contribution in [0, 0.1) is 0 Å². The van der Waals surface area contributed by atoms with E-state index < -0.39 is 6.10 Å². The average Bonchev–Trinajstić information content (AvgIpc) is 2.76. The third kappa shape index (κ3) is 3.09. The van der Waals surface area contributed by atoms with Gasteiger partial charge in [-0.25, -0.2) is 0 Å². The third-order valence-corrected chi connectivity index (χ3v) is 3.24. The van der Waals surface area contributed by atoms with E-state index in [1.54, 1.807) is 0 Å². The molecule has 1 saturated heterocycles. The molecule has 1 amide bonds. The van der Waals surface area contributed by atoms with Gasteiger partial charge in [0.15, 0.2) is 0 Å². The van der Waals surface area contributed by atoms with Crippen molar-refractivity contribution in [2.75, 3.05) is 11.9 Å². The van der Waals surface area contributed by atoms with Crippen LogP contribution in [0.15, 0.2) is 24.3 Å². The van der Waals surface area contributed by atoms with E-state index in [1.165, 1.54) is 5.56 Å². The molecule has 0 spiro atoms. The Balaban J connectivity index is 2.00. The fourth-order valence-electron chi connectivity index (χ4n) is 2.12. The number of hydrogen-bond donors (Lipinski definition) is 3. The van der Waals surface area contributed by atoms with E-state index in [-0.39, 0.29) is 11.9 Å². The number of β-amino-alcohol motifs (C(OH)–C–C–N with tert-alkyl or cyclic N) is 1. The molecule has 0 aromatic heterocycles. The van der Waals surface area contributed by atoms with Crippen LogP contribution in [0.4, 0.5) is 5.69 Å². The number of nitrogens with one attached hydrogen (secondary N) is 2. The van der Waals surface area contributed by atoms with E-state index in [1.807, 2.05) is 18.2 Å². The fourth-order valence-corrected chi connectivity index (χ4v) is 2.12. The fraction of sp³-hybridized carbons (Fsp3) is 0.500. The number of aliphatic hydroxyl groups excluding tert-OH is 1. The van der Waals surface area contributed by atoms with Crippen LogP contribution < -0.4 is 10.6 Å². The van der Waals surface area contributed by atoms with Gasteiger partial charge in [-0.2, -0.15) is 0 Å². The molecule has 1 aliphatic rings. The van der Waals surface area contributed by atoms with Crippen LogP contribution in [0.25, 0.3) is 0 Å². The molecule has 0 aliphatic carbocycles. The van der Waals surface area contributed by atoms with Gasteiger partial charge in [0.2, 0.25) is 5.91 Å². The molecule has 3 N–H and O–H groups in total. The highest BCUT2D eigenvalue weighted by Gasteiger charge is 2.27.